The molecule has 0 bridgehead atoms. The third kappa shape index (κ3) is 4.32. The maximum atomic E-state index is 12.1. The smallest absolute Gasteiger partial charge is 0.340 e. The van der Waals surface area contributed by atoms with Gasteiger partial charge in [-0.3, -0.25) is 4.79 Å². The second kappa shape index (κ2) is 7.89. The Morgan fingerprint density at radius 3 is 2.76 bits per heavy atom. The molecule has 1 aromatic carbocycles. The quantitative estimate of drug-likeness (QED) is 0.791. The lowest BCUT2D eigenvalue weighted by Crippen LogP contribution is -2.23. The minimum Gasteiger partial charge on any atom is -0.452 e. The third-order valence-corrected chi connectivity index (χ3v) is 4.66. The molecule has 1 amide bonds. The van der Waals surface area contributed by atoms with Gasteiger partial charge in [0, 0.05) is 11.1 Å². The summed E-state index contributed by atoms with van der Waals surface area (Å²) < 4.78 is 6.84. The van der Waals surface area contributed by atoms with Crippen LogP contribution in [0.4, 0.5) is 5.82 Å². The Hall–Kier alpha value is -2.05. The van der Waals surface area contributed by atoms with E-state index in [1.165, 1.54) is 12.1 Å². The Morgan fingerprint density at radius 1 is 1.24 bits per heavy atom. The van der Waals surface area contributed by atoms with Crippen molar-refractivity contribution in [3.63, 3.8) is 0 Å². The number of nitrogens with one attached hydrogen (secondary N) is 1. The van der Waals surface area contributed by atoms with Crippen molar-refractivity contribution >= 4 is 40.9 Å². The Labute approximate surface area is 155 Å². The molecule has 25 heavy (non-hydrogen) atoms. The second-order valence-corrected chi connectivity index (χ2v) is 6.69. The van der Waals surface area contributed by atoms with Gasteiger partial charge in [0.25, 0.3) is 5.91 Å². The topological polar surface area (TPSA) is 73.2 Å². The number of anilines is 1. The Bertz CT molecular complexity index is 785. The van der Waals surface area contributed by atoms with Gasteiger partial charge in [-0.1, -0.05) is 36.0 Å². The molecule has 0 saturated heterocycles. The number of ether oxygens (including phenoxy) is 1. The number of esters is 1. The highest BCUT2D eigenvalue weighted by Crippen LogP contribution is 2.31. The van der Waals surface area contributed by atoms with Crippen LogP contribution in [-0.4, -0.2) is 28.3 Å². The monoisotopic (exact) mass is 381 g/mol. The van der Waals surface area contributed by atoms with Gasteiger partial charge in [0.2, 0.25) is 0 Å². The minimum atomic E-state index is -0.702. The molecule has 6 nitrogen and oxygen atoms in total. The lowest BCUT2D eigenvalue weighted by atomic mass is 10.2. The average Bonchev–Trinajstić information content (AvgIpc) is 3.26. The molecule has 3 rings (SSSR count). The number of aromatic nitrogens is 2. The van der Waals surface area contributed by atoms with E-state index in [2.05, 4.69) is 10.4 Å². The normalized spacial score (nSPS) is 14.5. The largest absolute Gasteiger partial charge is 0.452 e. The second-order valence-electron chi connectivity index (χ2n) is 5.85. The van der Waals surface area contributed by atoms with E-state index in [9.17, 15) is 9.59 Å². The van der Waals surface area contributed by atoms with Crippen molar-refractivity contribution in [3.05, 3.63) is 46.1 Å². The van der Waals surface area contributed by atoms with Crippen molar-refractivity contribution in [1.82, 2.24) is 9.78 Å². The summed E-state index contributed by atoms with van der Waals surface area (Å²) in [4.78, 5) is 24.1. The Balaban J connectivity index is 1.57. The fourth-order valence-corrected chi connectivity index (χ4v) is 3.26. The summed E-state index contributed by atoms with van der Waals surface area (Å²) >= 11 is 11.8. The van der Waals surface area contributed by atoms with Crippen LogP contribution in [0.25, 0.3) is 0 Å². The van der Waals surface area contributed by atoms with Crippen molar-refractivity contribution in [3.8, 4) is 0 Å². The fraction of sp³-hybridized carbons (Fsp3) is 0.353. The first-order valence-electron chi connectivity index (χ1n) is 8.00. The van der Waals surface area contributed by atoms with Crippen LogP contribution >= 0.6 is 23.2 Å². The predicted molar refractivity (Wildman–Crippen MR) is 95.1 cm³/mol. The number of hydrogen-bond acceptors (Lipinski definition) is 4. The molecule has 1 N–H and O–H groups in total. The molecule has 2 aromatic rings. The number of amides is 1. The molecule has 0 spiro atoms. The summed E-state index contributed by atoms with van der Waals surface area (Å²) in [5.41, 5.74) is 0.123. The molecule has 1 fully saturated rings. The average molecular weight is 382 g/mol. The molecule has 0 aliphatic heterocycles. The zero-order valence-corrected chi connectivity index (χ0v) is 14.9. The zero-order valence-electron chi connectivity index (χ0n) is 13.4. The fourth-order valence-electron chi connectivity index (χ4n) is 2.89. The molecule has 132 valence electrons. The molecular formula is C17H17Cl2N3O3. The maximum absolute atomic E-state index is 12.1. The highest BCUT2D eigenvalue weighted by Gasteiger charge is 2.21. The van der Waals surface area contributed by atoms with Crippen molar-refractivity contribution in [1.29, 1.82) is 0 Å². The van der Waals surface area contributed by atoms with E-state index in [-0.39, 0.29) is 10.6 Å². The van der Waals surface area contributed by atoms with E-state index in [4.69, 9.17) is 27.9 Å². The number of benzene rings is 1. The number of nitrogens with zero attached hydrogens (tertiary/aromatic N) is 2. The van der Waals surface area contributed by atoms with E-state index >= 15 is 0 Å². The van der Waals surface area contributed by atoms with E-state index in [0.717, 1.165) is 25.7 Å². The Kier molecular flexibility index (Phi) is 5.60. The van der Waals surface area contributed by atoms with Crippen LogP contribution in [0.2, 0.25) is 10.0 Å². The van der Waals surface area contributed by atoms with Gasteiger partial charge in [-0.25, -0.2) is 9.48 Å². The maximum Gasteiger partial charge on any atom is 0.340 e. The lowest BCUT2D eigenvalue weighted by Gasteiger charge is -2.14. The van der Waals surface area contributed by atoms with E-state index in [1.54, 1.807) is 18.3 Å². The number of hydrogen-bond donors (Lipinski definition) is 1. The molecule has 1 heterocycles. The lowest BCUT2D eigenvalue weighted by molar-refractivity contribution is -0.119. The van der Waals surface area contributed by atoms with Crippen LogP contribution in [0.3, 0.4) is 0 Å². The van der Waals surface area contributed by atoms with Crippen molar-refractivity contribution in [2.75, 3.05) is 11.9 Å². The van der Waals surface area contributed by atoms with Gasteiger partial charge in [-0.05, 0) is 31.0 Å². The molecule has 1 aromatic heterocycles. The van der Waals surface area contributed by atoms with Gasteiger partial charge in [0.1, 0.15) is 5.82 Å². The van der Waals surface area contributed by atoms with Crippen LogP contribution in [0.5, 0.6) is 0 Å². The summed E-state index contributed by atoms with van der Waals surface area (Å²) in [6, 6.07) is 6.50. The zero-order chi connectivity index (χ0) is 17.8. The van der Waals surface area contributed by atoms with Gasteiger partial charge in [-0.15, -0.1) is 0 Å². The molecule has 0 atom stereocenters. The van der Waals surface area contributed by atoms with Gasteiger partial charge < -0.3 is 10.1 Å². The summed E-state index contributed by atoms with van der Waals surface area (Å²) in [7, 11) is 0. The minimum absolute atomic E-state index is 0.123. The van der Waals surface area contributed by atoms with Crippen LogP contribution < -0.4 is 5.32 Å². The van der Waals surface area contributed by atoms with Gasteiger partial charge >= 0.3 is 5.97 Å². The number of carbonyl (C=O) groups is 2. The number of carbonyl (C=O) groups excluding carboxylic acids is 2. The van der Waals surface area contributed by atoms with Crippen molar-refractivity contribution in [2.45, 2.75) is 31.7 Å². The number of rotatable bonds is 5. The van der Waals surface area contributed by atoms with Gasteiger partial charge in [0.15, 0.2) is 6.61 Å². The van der Waals surface area contributed by atoms with Crippen molar-refractivity contribution < 1.29 is 14.3 Å². The molecule has 1 aliphatic rings. The van der Waals surface area contributed by atoms with E-state index in [1.807, 2.05) is 4.68 Å². The first kappa shape index (κ1) is 17.8. The first-order valence-corrected chi connectivity index (χ1v) is 8.76. The SMILES string of the molecule is O=C(COC(=O)c1cc(Cl)ccc1Cl)Nc1ccnn1C1CCCC1. The summed E-state index contributed by atoms with van der Waals surface area (Å²) in [5, 5.41) is 7.58. The summed E-state index contributed by atoms with van der Waals surface area (Å²) in [5.74, 6) is -0.535. The first-order chi connectivity index (χ1) is 12.0. The third-order valence-electron chi connectivity index (χ3n) is 4.09. The molecule has 8 heteroatoms. The molecule has 1 aliphatic carbocycles. The molecule has 1 saturated carbocycles. The summed E-state index contributed by atoms with van der Waals surface area (Å²) in [6.45, 7) is -0.419. The molecule has 0 unspecified atom stereocenters. The predicted octanol–water partition coefficient (Wildman–Crippen LogP) is 4.10. The van der Waals surface area contributed by atoms with Gasteiger partial charge in [-0.2, -0.15) is 5.10 Å². The number of halogens is 2. The summed E-state index contributed by atoms with van der Waals surface area (Å²) in [6.07, 6.45) is 6.07. The highest BCUT2D eigenvalue weighted by atomic mass is 35.5. The highest BCUT2D eigenvalue weighted by molar-refractivity contribution is 6.35. The van der Waals surface area contributed by atoms with E-state index in [0.29, 0.717) is 16.9 Å². The van der Waals surface area contributed by atoms with Crippen molar-refractivity contribution in [2.24, 2.45) is 0 Å². The Morgan fingerprint density at radius 2 is 2.00 bits per heavy atom. The van der Waals surface area contributed by atoms with Crippen LogP contribution in [0.1, 0.15) is 42.1 Å². The van der Waals surface area contributed by atoms with Crippen LogP contribution in [0, 0.1) is 0 Å². The van der Waals surface area contributed by atoms with E-state index < -0.39 is 18.5 Å². The standard InChI is InChI=1S/C17H17Cl2N3O3/c18-11-5-6-14(19)13(9-11)17(24)25-10-16(23)21-15-7-8-20-22(15)12-3-1-2-4-12/h5-9,12H,1-4,10H2,(H,21,23). The van der Waals surface area contributed by atoms with Crippen LogP contribution in [0.15, 0.2) is 30.5 Å². The van der Waals surface area contributed by atoms with Gasteiger partial charge in [0.05, 0.1) is 22.8 Å². The molecular weight excluding hydrogens is 365 g/mol. The van der Waals surface area contributed by atoms with Crippen LogP contribution in [-0.2, 0) is 9.53 Å². The molecule has 0 radical (unpaired) electrons.